The fourth-order valence-corrected chi connectivity index (χ4v) is 5.16. The lowest BCUT2D eigenvalue weighted by atomic mass is 9.73. The Morgan fingerprint density at radius 2 is 1.58 bits per heavy atom. The molecule has 0 N–H and O–H groups in total. The van der Waals surface area contributed by atoms with Gasteiger partial charge in [0, 0.05) is 0 Å². The Kier molecular flexibility index (Phi) is 6.09. The lowest BCUT2D eigenvalue weighted by Crippen LogP contribution is -2.21. The first-order chi connectivity index (χ1) is 14.7. The molecule has 0 aliphatic heterocycles. The Morgan fingerprint density at radius 3 is 2.19 bits per heavy atom. The second kappa shape index (κ2) is 8.64. The Balaban J connectivity index is 1.53. The average molecular weight is 436 g/mol. The van der Waals surface area contributed by atoms with Crippen LogP contribution < -0.4 is 4.74 Å². The zero-order valence-corrected chi connectivity index (χ0v) is 17.2. The molecule has 0 saturated carbocycles. The van der Waals surface area contributed by atoms with E-state index in [9.17, 15) is 22.0 Å². The normalized spacial score (nSPS) is 20.7. The standard InChI is InChI=1S/C25H25F5O/c1-2-3-4-15-5-9-20-17(11-15)6-7-18-12-16(8-10-21(18)20)19-13-22(26)24(23(27)14-19)31-25(28,29)30/h2,6-7,13-16H,1,3-5,8-12H2/t15-,16-/m0/s1. The van der Waals surface area contributed by atoms with Gasteiger partial charge in [-0.1, -0.05) is 18.2 Å². The molecular formula is C25H25F5O. The van der Waals surface area contributed by atoms with Crippen LogP contribution in [0.25, 0.3) is 0 Å². The maximum Gasteiger partial charge on any atom is 0.573 e. The van der Waals surface area contributed by atoms with Gasteiger partial charge < -0.3 is 4.74 Å². The van der Waals surface area contributed by atoms with E-state index < -0.39 is 23.7 Å². The van der Waals surface area contributed by atoms with Gasteiger partial charge >= 0.3 is 6.36 Å². The highest BCUT2D eigenvalue weighted by Gasteiger charge is 2.35. The zero-order valence-electron chi connectivity index (χ0n) is 17.2. The summed E-state index contributed by atoms with van der Waals surface area (Å²) in [7, 11) is 0. The number of hydrogen-bond acceptors (Lipinski definition) is 1. The van der Waals surface area contributed by atoms with Gasteiger partial charge in [-0.05, 0) is 103 Å². The third-order valence-electron chi connectivity index (χ3n) is 6.63. The third kappa shape index (κ3) is 4.78. The van der Waals surface area contributed by atoms with Crippen LogP contribution in [0.4, 0.5) is 22.0 Å². The van der Waals surface area contributed by atoms with Crippen LogP contribution in [0.2, 0.25) is 0 Å². The molecule has 2 aromatic rings. The second-order valence-electron chi connectivity index (χ2n) is 8.62. The van der Waals surface area contributed by atoms with Crippen molar-refractivity contribution in [3.63, 3.8) is 0 Å². The lowest BCUT2D eigenvalue weighted by Gasteiger charge is -2.32. The van der Waals surface area contributed by atoms with Gasteiger partial charge in [-0.15, -0.1) is 19.8 Å². The molecular weight excluding hydrogens is 411 g/mol. The number of ether oxygens (including phenoxy) is 1. The number of alkyl halides is 3. The summed E-state index contributed by atoms with van der Waals surface area (Å²) in [4.78, 5) is 0. The number of halogens is 5. The van der Waals surface area contributed by atoms with E-state index in [0.717, 1.165) is 50.7 Å². The van der Waals surface area contributed by atoms with Gasteiger partial charge in [-0.2, -0.15) is 0 Å². The van der Waals surface area contributed by atoms with Crippen molar-refractivity contribution in [1.82, 2.24) is 0 Å². The second-order valence-corrected chi connectivity index (χ2v) is 8.62. The van der Waals surface area contributed by atoms with Crippen molar-refractivity contribution in [2.45, 2.75) is 63.6 Å². The molecule has 0 amide bonds. The van der Waals surface area contributed by atoms with E-state index in [4.69, 9.17) is 0 Å². The van der Waals surface area contributed by atoms with Crippen LogP contribution in [0, 0.1) is 17.6 Å². The summed E-state index contributed by atoms with van der Waals surface area (Å²) in [5.41, 5.74) is 5.74. The van der Waals surface area contributed by atoms with E-state index >= 15 is 0 Å². The average Bonchev–Trinajstić information content (AvgIpc) is 2.73. The molecule has 0 heterocycles. The van der Waals surface area contributed by atoms with Crippen LogP contribution in [0.1, 0.15) is 59.4 Å². The first-order valence-corrected chi connectivity index (χ1v) is 10.7. The molecule has 0 saturated heterocycles. The van der Waals surface area contributed by atoms with Gasteiger partial charge in [0.1, 0.15) is 0 Å². The maximum absolute atomic E-state index is 14.2. The van der Waals surface area contributed by atoms with Gasteiger partial charge in [-0.25, -0.2) is 8.78 Å². The Bertz CT molecular complexity index is 956. The summed E-state index contributed by atoms with van der Waals surface area (Å²) >= 11 is 0. The molecule has 4 rings (SSSR count). The maximum atomic E-state index is 14.2. The molecule has 0 bridgehead atoms. The van der Waals surface area contributed by atoms with Gasteiger partial charge in [0.05, 0.1) is 0 Å². The topological polar surface area (TPSA) is 9.23 Å². The summed E-state index contributed by atoms with van der Waals surface area (Å²) < 4.78 is 69.0. The number of allylic oxidation sites excluding steroid dienone is 1. The highest BCUT2D eigenvalue weighted by atomic mass is 19.4. The van der Waals surface area contributed by atoms with E-state index in [0.29, 0.717) is 24.3 Å². The lowest BCUT2D eigenvalue weighted by molar-refractivity contribution is -0.276. The van der Waals surface area contributed by atoms with Crippen LogP contribution in [-0.2, 0) is 25.7 Å². The van der Waals surface area contributed by atoms with Crippen molar-refractivity contribution in [3.8, 4) is 5.75 Å². The number of hydrogen-bond donors (Lipinski definition) is 0. The van der Waals surface area contributed by atoms with E-state index in [1.165, 1.54) is 22.3 Å². The highest BCUT2D eigenvalue weighted by molar-refractivity contribution is 5.46. The fraction of sp³-hybridized carbons (Fsp3) is 0.440. The zero-order chi connectivity index (χ0) is 22.2. The first kappa shape index (κ1) is 21.8. The fourth-order valence-electron chi connectivity index (χ4n) is 5.16. The van der Waals surface area contributed by atoms with Crippen molar-refractivity contribution >= 4 is 0 Å². The first-order valence-electron chi connectivity index (χ1n) is 10.7. The van der Waals surface area contributed by atoms with E-state index in [1.54, 1.807) is 0 Å². The van der Waals surface area contributed by atoms with Crippen LogP contribution in [0.5, 0.6) is 5.75 Å². The molecule has 0 unspecified atom stereocenters. The molecule has 1 nitrogen and oxygen atoms in total. The van der Waals surface area contributed by atoms with Crippen molar-refractivity contribution in [2.24, 2.45) is 5.92 Å². The molecule has 0 radical (unpaired) electrons. The molecule has 31 heavy (non-hydrogen) atoms. The van der Waals surface area contributed by atoms with Crippen molar-refractivity contribution in [2.75, 3.05) is 0 Å². The smallest absolute Gasteiger partial charge is 0.399 e. The Labute approximate surface area is 178 Å². The van der Waals surface area contributed by atoms with Crippen LogP contribution in [-0.4, -0.2) is 6.36 Å². The molecule has 166 valence electrons. The predicted octanol–water partition coefficient (Wildman–Crippen LogP) is 7.21. The minimum atomic E-state index is -5.14. The number of fused-ring (bicyclic) bond motifs is 3. The molecule has 0 fully saturated rings. The molecule has 2 aliphatic carbocycles. The van der Waals surface area contributed by atoms with Gasteiger partial charge in [0.25, 0.3) is 0 Å². The molecule has 0 aromatic heterocycles. The van der Waals surface area contributed by atoms with E-state index in [2.05, 4.69) is 23.4 Å². The SMILES string of the molecule is C=CCC[C@H]1CCc2c(ccc3c2CC[C@H](c2cc(F)c(OC(F)(F)F)c(F)c2)C3)C1. The van der Waals surface area contributed by atoms with Crippen molar-refractivity contribution in [3.05, 3.63) is 76.4 Å². The highest BCUT2D eigenvalue weighted by Crippen LogP contribution is 2.40. The largest absolute Gasteiger partial charge is 0.573 e. The van der Waals surface area contributed by atoms with E-state index in [-0.39, 0.29) is 5.92 Å². The third-order valence-corrected chi connectivity index (χ3v) is 6.63. The Morgan fingerprint density at radius 1 is 0.968 bits per heavy atom. The number of rotatable bonds is 5. The van der Waals surface area contributed by atoms with Crippen molar-refractivity contribution < 1.29 is 26.7 Å². The molecule has 2 atom stereocenters. The van der Waals surface area contributed by atoms with Crippen LogP contribution in [0.15, 0.2) is 36.9 Å². The molecule has 2 aliphatic rings. The minimum Gasteiger partial charge on any atom is -0.399 e. The molecule has 2 aromatic carbocycles. The van der Waals surface area contributed by atoms with Gasteiger partial charge in [-0.3, -0.25) is 0 Å². The summed E-state index contributed by atoms with van der Waals surface area (Å²) in [6.07, 6.45) is 4.46. The summed E-state index contributed by atoms with van der Waals surface area (Å²) in [6, 6.07) is 6.24. The Hall–Kier alpha value is -2.37. The quantitative estimate of drug-likeness (QED) is 0.356. The number of benzene rings is 2. The van der Waals surface area contributed by atoms with Gasteiger partial charge in [0.2, 0.25) is 5.75 Å². The van der Waals surface area contributed by atoms with Crippen LogP contribution >= 0.6 is 0 Å². The monoisotopic (exact) mass is 436 g/mol. The summed E-state index contributed by atoms with van der Waals surface area (Å²) in [5, 5.41) is 0. The van der Waals surface area contributed by atoms with Crippen LogP contribution in [0.3, 0.4) is 0 Å². The van der Waals surface area contributed by atoms with Crippen molar-refractivity contribution in [1.29, 1.82) is 0 Å². The van der Waals surface area contributed by atoms with E-state index in [1.807, 2.05) is 6.08 Å². The summed E-state index contributed by atoms with van der Waals surface area (Å²) in [6.45, 7) is 3.81. The predicted molar refractivity (Wildman–Crippen MR) is 109 cm³/mol. The molecule has 6 heteroatoms. The minimum absolute atomic E-state index is 0.140. The van der Waals surface area contributed by atoms with Gasteiger partial charge in [0.15, 0.2) is 11.6 Å². The molecule has 0 spiro atoms. The summed E-state index contributed by atoms with van der Waals surface area (Å²) in [5.74, 6) is -3.50.